The quantitative estimate of drug-likeness (QED) is 0.457. The van der Waals surface area contributed by atoms with E-state index in [4.69, 9.17) is 14.5 Å². The number of piperazine rings is 1. The number of hydrogen-bond donors (Lipinski definition) is 1. The van der Waals surface area contributed by atoms with E-state index in [2.05, 4.69) is 32.9 Å². The van der Waals surface area contributed by atoms with Crippen molar-refractivity contribution in [2.24, 2.45) is 0 Å². The molecule has 0 bridgehead atoms. The number of amides is 2. The van der Waals surface area contributed by atoms with Crippen LogP contribution in [-0.4, -0.2) is 84.6 Å². The SMILES string of the molecule is CN1CCN(Cc2ccc(N(C)C(=O)Cc3cc(NC4CC4)c(I)cn3)nc2C2OCCO2)C(=O)C1. The molecule has 192 valence electrons. The molecule has 0 unspecified atom stereocenters. The summed E-state index contributed by atoms with van der Waals surface area (Å²) in [6.45, 7) is 3.27. The van der Waals surface area contributed by atoms with Crippen LogP contribution in [-0.2, 0) is 32.0 Å². The first-order chi connectivity index (χ1) is 17.4. The number of nitrogens with one attached hydrogen (secondary N) is 1. The minimum Gasteiger partial charge on any atom is -0.381 e. The molecule has 0 aromatic carbocycles. The summed E-state index contributed by atoms with van der Waals surface area (Å²) in [7, 11) is 3.66. The smallest absolute Gasteiger partial charge is 0.237 e. The van der Waals surface area contributed by atoms with Gasteiger partial charge < -0.3 is 19.7 Å². The number of likely N-dealkylation sites (N-methyl/N-ethyl adjacent to an activating group) is 2. The molecule has 1 saturated carbocycles. The van der Waals surface area contributed by atoms with Gasteiger partial charge in [-0.1, -0.05) is 6.07 Å². The molecule has 36 heavy (non-hydrogen) atoms. The summed E-state index contributed by atoms with van der Waals surface area (Å²) < 4.78 is 12.5. The van der Waals surface area contributed by atoms with Crippen LogP contribution in [0.15, 0.2) is 24.4 Å². The van der Waals surface area contributed by atoms with Gasteiger partial charge in [-0.2, -0.15) is 0 Å². The molecule has 2 saturated heterocycles. The van der Waals surface area contributed by atoms with Crippen molar-refractivity contribution in [1.82, 2.24) is 19.8 Å². The summed E-state index contributed by atoms with van der Waals surface area (Å²) in [4.78, 5) is 40.3. The second kappa shape index (κ2) is 11.0. The maximum absolute atomic E-state index is 13.2. The van der Waals surface area contributed by atoms with Gasteiger partial charge in [0.05, 0.1) is 41.1 Å². The molecule has 3 fully saturated rings. The Kier molecular flexibility index (Phi) is 7.70. The van der Waals surface area contributed by atoms with E-state index in [-0.39, 0.29) is 18.2 Å². The van der Waals surface area contributed by atoms with Crippen LogP contribution in [0, 0.1) is 3.57 Å². The molecule has 2 aliphatic heterocycles. The van der Waals surface area contributed by atoms with Gasteiger partial charge in [0.2, 0.25) is 18.1 Å². The monoisotopic (exact) mass is 606 g/mol. The molecular weight excluding hydrogens is 575 g/mol. The van der Waals surface area contributed by atoms with Gasteiger partial charge in [-0.15, -0.1) is 0 Å². The van der Waals surface area contributed by atoms with Crippen molar-refractivity contribution < 1.29 is 19.1 Å². The number of aromatic nitrogens is 2. The standard InChI is InChI=1S/C25H31IN6O4/c1-30-7-8-32(23(34)15-30)14-16-3-6-21(29-24(16)25-35-9-10-36-25)31(2)22(33)12-18-11-20(19(26)13-27-18)28-17-4-5-17/h3,6,11,13,17,25H,4-5,7-10,12,14-15H2,1-2H3,(H,27,28). The zero-order valence-corrected chi connectivity index (χ0v) is 22.7. The Hall–Kier alpha value is -2.35. The molecule has 10 nitrogen and oxygen atoms in total. The second-order valence-corrected chi connectivity index (χ2v) is 10.7. The van der Waals surface area contributed by atoms with Gasteiger partial charge in [-0.25, -0.2) is 4.98 Å². The van der Waals surface area contributed by atoms with Crippen molar-refractivity contribution in [2.75, 3.05) is 57.2 Å². The number of carbonyl (C=O) groups excluding carboxylic acids is 2. The zero-order chi connectivity index (χ0) is 25.2. The lowest BCUT2D eigenvalue weighted by Crippen LogP contribution is -2.48. The second-order valence-electron chi connectivity index (χ2n) is 9.54. The number of ether oxygens (including phenoxy) is 2. The fraction of sp³-hybridized carbons (Fsp3) is 0.520. The number of nitrogens with zero attached hydrogens (tertiary/aromatic N) is 5. The summed E-state index contributed by atoms with van der Waals surface area (Å²) >= 11 is 2.26. The van der Waals surface area contributed by atoms with Crippen molar-refractivity contribution in [2.45, 2.75) is 38.1 Å². The van der Waals surface area contributed by atoms with E-state index in [9.17, 15) is 9.59 Å². The fourth-order valence-corrected chi connectivity index (χ4v) is 4.72. The Bertz CT molecular complexity index is 1140. The molecule has 1 N–H and O–H groups in total. The van der Waals surface area contributed by atoms with Crippen LogP contribution >= 0.6 is 22.6 Å². The molecule has 1 aliphatic carbocycles. The summed E-state index contributed by atoms with van der Waals surface area (Å²) in [6.07, 6.45) is 3.71. The minimum absolute atomic E-state index is 0.0832. The summed E-state index contributed by atoms with van der Waals surface area (Å²) in [6, 6.07) is 6.21. The third-order valence-electron chi connectivity index (χ3n) is 6.61. The van der Waals surface area contributed by atoms with Gasteiger partial charge in [-0.05, 0) is 60.2 Å². The highest BCUT2D eigenvalue weighted by Crippen LogP contribution is 2.30. The summed E-state index contributed by atoms with van der Waals surface area (Å²) in [5.74, 6) is 0.471. The van der Waals surface area contributed by atoms with Crippen LogP contribution in [0.3, 0.4) is 0 Å². The molecule has 0 radical (unpaired) electrons. The van der Waals surface area contributed by atoms with Gasteiger partial charge in [0.1, 0.15) is 11.5 Å². The molecule has 11 heteroatoms. The maximum atomic E-state index is 13.2. The Labute approximate surface area is 224 Å². The highest BCUT2D eigenvalue weighted by atomic mass is 127. The van der Waals surface area contributed by atoms with Gasteiger partial charge >= 0.3 is 0 Å². The summed E-state index contributed by atoms with van der Waals surface area (Å²) in [5.41, 5.74) is 3.21. The molecule has 3 aliphatic rings. The lowest BCUT2D eigenvalue weighted by molar-refractivity contribution is -0.136. The third-order valence-corrected chi connectivity index (χ3v) is 7.47. The van der Waals surface area contributed by atoms with Crippen molar-refractivity contribution in [3.63, 3.8) is 0 Å². The number of halogens is 1. The minimum atomic E-state index is -0.611. The van der Waals surface area contributed by atoms with Gasteiger partial charge in [0.25, 0.3) is 0 Å². The Morgan fingerprint density at radius 3 is 2.75 bits per heavy atom. The van der Waals surface area contributed by atoms with Crippen LogP contribution in [0.5, 0.6) is 0 Å². The molecule has 5 rings (SSSR count). The van der Waals surface area contributed by atoms with E-state index in [1.165, 1.54) is 17.7 Å². The van der Waals surface area contributed by atoms with Crippen LogP contribution in [0.4, 0.5) is 11.5 Å². The molecular formula is C25H31IN6O4. The highest BCUT2D eigenvalue weighted by Gasteiger charge is 2.28. The Morgan fingerprint density at radius 2 is 2.03 bits per heavy atom. The fourth-order valence-electron chi connectivity index (χ4n) is 4.27. The van der Waals surface area contributed by atoms with E-state index in [0.717, 1.165) is 21.4 Å². The zero-order valence-electron chi connectivity index (χ0n) is 20.6. The van der Waals surface area contributed by atoms with Gasteiger partial charge in [-0.3, -0.25) is 24.4 Å². The van der Waals surface area contributed by atoms with E-state index >= 15 is 0 Å². The largest absolute Gasteiger partial charge is 0.381 e. The van der Waals surface area contributed by atoms with E-state index in [1.807, 2.05) is 35.0 Å². The number of anilines is 2. The maximum Gasteiger partial charge on any atom is 0.237 e. The molecule has 2 aromatic heterocycles. The van der Waals surface area contributed by atoms with Crippen LogP contribution in [0.2, 0.25) is 0 Å². The number of carbonyl (C=O) groups is 2. The number of rotatable bonds is 8. The van der Waals surface area contributed by atoms with Crippen LogP contribution in [0.1, 0.15) is 36.1 Å². The topological polar surface area (TPSA) is 100 Å². The van der Waals surface area contributed by atoms with Crippen LogP contribution in [0.25, 0.3) is 0 Å². The Morgan fingerprint density at radius 1 is 1.25 bits per heavy atom. The molecule has 0 atom stereocenters. The lowest BCUT2D eigenvalue weighted by atomic mass is 10.1. The summed E-state index contributed by atoms with van der Waals surface area (Å²) in [5, 5.41) is 3.50. The Balaban J connectivity index is 1.32. The average molecular weight is 606 g/mol. The predicted molar refractivity (Wildman–Crippen MR) is 143 cm³/mol. The van der Waals surface area contributed by atoms with E-state index in [0.29, 0.717) is 56.1 Å². The van der Waals surface area contributed by atoms with Crippen molar-refractivity contribution >= 4 is 45.9 Å². The first-order valence-electron chi connectivity index (χ1n) is 12.2. The normalized spacial score (nSPS) is 19.1. The molecule has 0 spiro atoms. The van der Waals surface area contributed by atoms with Crippen molar-refractivity contribution in [3.8, 4) is 0 Å². The van der Waals surface area contributed by atoms with E-state index in [1.54, 1.807) is 13.2 Å². The lowest BCUT2D eigenvalue weighted by Gasteiger charge is -2.32. The van der Waals surface area contributed by atoms with Gasteiger partial charge in [0.15, 0.2) is 0 Å². The average Bonchev–Trinajstić information content (AvgIpc) is 3.51. The van der Waals surface area contributed by atoms with Crippen LogP contribution < -0.4 is 10.2 Å². The third kappa shape index (κ3) is 5.96. The molecule has 2 amide bonds. The molecule has 4 heterocycles. The first-order valence-corrected chi connectivity index (χ1v) is 13.3. The molecule has 2 aromatic rings. The highest BCUT2D eigenvalue weighted by molar-refractivity contribution is 14.1. The number of pyridine rings is 2. The van der Waals surface area contributed by atoms with Crippen molar-refractivity contribution in [1.29, 1.82) is 0 Å². The van der Waals surface area contributed by atoms with E-state index < -0.39 is 6.29 Å². The number of hydrogen-bond acceptors (Lipinski definition) is 8. The first kappa shape index (κ1) is 25.3. The van der Waals surface area contributed by atoms with Gasteiger partial charge in [0, 0.05) is 38.9 Å². The predicted octanol–water partition coefficient (Wildman–Crippen LogP) is 2.18. The van der Waals surface area contributed by atoms with Crippen molar-refractivity contribution in [3.05, 3.63) is 44.9 Å².